The molecule has 0 saturated carbocycles. The first-order chi connectivity index (χ1) is 9.49. The first kappa shape index (κ1) is 14.7. The van der Waals surface area contributed by atoms with Crippen LogP contribution in [0.5, 0.6) is 0 Å². The summed E-state index contributed by atoms with van der Waals surface area (Å²) in [4.78, 5) is 13.3. The molecule has 1 atom stereocenters. The van der Waals surface area contributed by atoms with Gasteiger partial charge in [0.1, 0.15) is 18.0 Å². The van der Waals surface area contributed by atoms with Crippen molar-refractivity contribution in [1.82, 2.24) is 10.1 Å². The summed E-state index contributed by atoms with van der Waals surface area (Å²) in [5.74, 6) is -0.897. The van der Waals surface area contributed by atoms with Crippen LogP contribution >= 0.6 is 15.9 Å². The molecule has 20 heavy (non-hydrogen) atoms. The fourth-order valence-corrected chi connectivity index (χ4v) is 2.47. The van der Waals surface area contributed by atoms with E-state index in [-0.39, 0.29) is 0 Å². The van der Waals surface area contributed by atoms with Crippen LogP contribution in [0.2, 0.25) is 0 Å². The lowest BCUT2D eigenvalue weighted by molar-refractivity contribution is -0.143. The highest BCUT2D eigenvalue weighted by Gasteiger charge is 2.25. The van der Waals surface area contributed by atoms with Gasteiger partial charge in [-0.15, -0.1) is 0 Å². The van der Waals surface area contributed by atoms with Crippen LogP contribution < -0.4 is 0 Å². The summed E-state index contributed by atoms with van der Waals surface area (Å²) in [7, 11) is 1.76. The van der Waals surface area contributed by atoms with Gasteiger partial charge in [0.25, 0.3) is 0 Å². The van der Waals surface area contributed by atoms with E-state index in [4.69, 9.17) is 4.52 Å². The minimum absolute atomic E-state index is 0.409. The molecule has 1 N–H and O–H groups in total. The van der Waals surface area contributed by atoms with E-state index in [0.29, 0.717) is 6.54 Å². The lowest BCUT2D eigenvalue weighted by Gasteiger charge is -2.24. The maximum atomic E-state index is 11.6. The number of carboxylic acids is 1. The molecule has 1 aromatic carbocycles. The van der Waals surface area contributed by atoms with E-state index in [9.17, 15) is 9.90 Å². The highest BCUT2D eigenvalue weighted by Crippen LogP contribution is 2.24. The number of aryl methyl sites for hydroxylation is 1. The minimum Gasteiger partial charge on any atom is -0.480 e. The van der Waals surface area contributed by atoms with Gasteiger partial charge in [-0.05, 0) is 31.7 Å². The lowest BCUT2D eigenvalue weighted by Crippen LogP contribution is -2.30. The van der Waals surface area contributed by atoms with Crippen molar-refractivity contribution in [2.24, 2.45) is 0 Å². The summed E-state index contributed by atoms with van der Waals surface area (Å²) in [6.45, 7) is 2.29. The zero-order valence-corrected chi connectivity index (χ0v) is 12.8. The van der Waals surface area contributed by atoms with Crippen LogP contribution in [0.4, 0.5) is 0 Å². The van der Waals surface area contributed by atoms with Crippen LogP contribution in [0.3, 0.4) is 0 Å². The van der Waals surface area contributed by atoms with Gasteiger partial charge in [-0.2, -0.15) is 0 Å². The molecule has 0 aliphatic heterocycles. The second kappa shape index (κ2) is 6.19. The van der Waals surface area contributed by atoms with Crippen molar-refractivity contribution in [2.45, 2.75) is 19.5 Å². The zero-order chi connectivity index (χ0) is 14.7. The predicted molar refractivity (Wildman–Crippen MR) is 77.2 cm³/mol. The molecule has 5 nitrogen and oxygen atoms in total. The minimum atomic E-state index is -0.897. The summed E-state index contributed by atoms with van der Waals surface area (Å²) in [6.07, 6.45) is 1.55. The van der Waals surface area contributed by atoms with Crippen molar-refractivity contribution in [1.29, 1.82) is 0 Å². The molecule has 0 aliphatic carbocycles. The normalized spacial score (nSPS) is 12.6. The highest BCUT2D eigenvalue weighted by molar-refractivity contribution is 9.10. The number of aromatic nitrogens is 1. The van der Waals surface area contributed by atoms with Gasteiger partial charge in [-0.1, -0.05) is 33.2 Å². The smallest absolute Gasteiger partial charge is 0.325 e. The van der Waals surface area contributed by atoms with Gasteiger partial charge in [0.15, 0.2) is 0 Å². The molecule has 106 valence electrons. The van der Waals surface area contributed by atoms with Crippen LogP contribution in [-0.2, 0) is 11.3 Å². The lowest BCUT2D eigenvalue weighted by atomic mass is 10.1. The Morgan fingerprint density at radius 2 is 2.30 bits per heavy atom. The highest BCUT2D eigenvalue weighted by atomic mass is 79.9. The number of hydrogen-bond acceptors (Lipinski definition) is 4. The maximum absolute atomic E-state index is 11.6. The molecule has 0 saturated heterocycles. The fraction of sp³-hybridized carbons (Fsp3) is 0.286. The second-order valence-electron chi connectivity index (χ2n) is 4.66. The predicted octanol–water partition coefficient (Wildman–Crippen LogP) is 3.00. The van der Waals surface area contributed by atoms with Crippen molar-refractivity contribution in [3.63, 3.8) is 0 Å². The van der Waals surface area contributed by atoms with E-state index in [1.807, 2.05) is 25.1 Å². The SMILES string of the molecule is Cc1conc1CN(C)C(C(=O)O)c1cccc(Br)c1. The molecule has 1 heterocycles. The largest absolute Gasteiger partial charge is 0.480 e. The van der Waals surface area contributed by atoms with Gasteiger partial charge in [0, 0.05) is 16.6 Å². The van der Waals surface area contributed by atoms with E-state index in [1.54, 1.807) is 24.3 Å². The van der Waals surface area contributed by atoms with E-state index >= 15 is 0 Å². The Balaban J connectivity index is 2.25. The quantitative estimate of drug-likeness (QED) is 0.907. The Hall–Kier alpha value is -1.66. The van der Waals surface area contributed by atoms with Crippen LogP contribution in [0.15, 0.2) is 39.5 Å². The number of aliphatic carboxylic acids is 1. The Bertz CT molecular complexity index is 612. The Kier molecular flexibility index (Phi) is 4.57. The standard InChI is InChI=1S/C14H15BrN2O3/c1-9-8-20-16-12(9)7-17(2)13(14(18)19)10-4-3-5-11(15)6-10/h3-6,8,13H,7H2,1-2H3,(H,18,19). The molecule has 0 radical (unpaired) electrons. The van der Waals surface area contributed by atoms with Crippen LogP contribution in [0.25, 0.3) is 0 Å². The average Bonchev–Trinajstić information content (AvgIpc) is 2.74. The summed E-state index contributed by atoms with van der Waals surface area (Å²) >= 11 is 3.36. The Morgan fingerprint density at radius 1 is 1.55 bits per heavy atom. The molecular formula is C14H15BrN2O3. The third-order valence-corrected chi connectivity index (χ3v) is 3.58. The third kappa shape index (κ3) is 3.26. The molecule has 2 aromatic rings. The number of nitrogens with zero attached hydrogens (tertiary/aromatic N) is 2. The average molecular weight is 339 g/mol. The molecule has 0 spiro atoms. The van der Waals surface area contributed by atoms with E-state index in [1.165, 1.54) is 0 Å². The number of halogens is 1. The number of carbonyl (C=O) groups is 1. The van der Waals surface area contributed by atoms with Crippen molar-refractivity contribution in [2.75, 3.05) is 7.05 Å². The maximum Gasteiger partial charge on any atom is 0.325 e. The van der Waals surface area contributed by atoms with Crippen molar-refractivity contribution < 1.29 is 14.4 Å². The molecule has 0 aliphatic rings. The monoisotopic (exact) mass is 338 g/mol. The molecule has 0 amide bonds. The Morgan fingerprint density at radius 3 is 2.85 bits per heavy atom. The number of carboxylic acid groups (broad SMARTS) is 1. The molecular weight excluding hydrogens is 324 g/mol. The molecule has 2 rings (SSSR count). The van der Waals surface area contributed by atoms with Crippen LogP contribution in [0, 0.1) is 6.92 Å². The topological polar surface area (TPSA) is 66.6 Å². The summed E-state index contributed by atoms with van der Waals surface area (Å²) in [5.41, 5.74) is 2.37. The van der Waals surface area contributed by atoms with Crippen LogP contribution in [0.1, 0.15) is 22.9 Å². The summed E-state index contributed by atoms with van der Waals surface area (Å²) in [5, 5.41) is 13.4. The van der Waals surface area contributed by atoms with Gasteiger partial charge in [0.05, 0.1) is 0 Å². The van der Waals surface area contributed by atoms with Gasteiger partial charge in [-0.25, -0.2) is 0 Å². The molecule has 1 unspecified atom stereocenters. The molecule has 0 fully saturated rings. The van der Waals surface area contributed by atoms with Crippen molar-refractivity contribution >= 4 is 21.9 Å². The molecule has 6 heteroatoms. The van der Waals surface area contributed by atoms with Gasteiger partial charge >= 0.3 is 5.97 Å². The first-order valence-corrected chi connectivity index (χ1v) is 6.86. The molecule has 0 bridgehead atoms. The number of likely N-dealkylation sites (N-methyl/N-ethyl adjacent to an activating group) is 1. The number of rotatable bonds is 5. The van der Waals surface area contributed by atoms with Gasteiger partial charge < -0.3 is 9.63 Å². The van der Waals surface area contributed by atoms with Crippen molar-refractivity contribution in [3.8, 4) is 0 Å². The third-order valence-electron chi connectivity index (χ3n) is 3.09. The molecule has 1 aromatic heterocycles. The summed E-state index contributed by atoms with van der Waals surface area (Å²) in [6, 6.07) is 6.57. The zero-order valence-electron chi connectivity index (χ0n) is 11.2. The van der Waals surface area contributed by atoms with Crippen LogP contribution in [-0.4, -0.2) is 28.2 Å². The number of benzene rings is 1. The first-order valence-electron chi connectivity index (χ1n) is 6.07. The van der Waals surface area contributed by atoms with E-state index in [2.05, 4.69) is 21.1 Å². The second-order valence-corrected chi connectivity index (χ2v) is 5.57. The van der Waals surface area contributed by atoms with Crippen molar-refractivity contribution in [3.05, 3.63) is 51.8 Å². The summed E-state index contributed by atoms with van der Waals surface area (Å²) < 4.78 is 5.73. The Labute approximate surface area is 125 Å². The van der Waals surface area contributed by atoms with E-state index < -0.39 is 12.0 Å². The number of hydrogen-bond donors (Lipinski definition) is 1. The van der Waals surface area contributed by atoms with E-state index in [0.717, 1.165) is 21.3 Å². The van der Waals surface area contributed by atoms with Gasteiger partial charge in [-0.3, -0.25) is 9.69 Å². The van der Waals surface area contributed by atoms with Gasteiger partial charge in [0.2, 0.25) is 0 Å². The fourth-order valence-electron chi connectivity index (χ4n) is 2.05.